The fourth-order valence-corrected chi connectivity index (χ4v) is 4.10. The van der Waals surface area contributed by atoms with E-state index in [-0.39, 0.29) is 17.3 Å². The number of benzene rings is 3. The first-order chi connectivity index (χ1) is 13.4. The third-order valence-electron chi connectivity index (χ3n) is 4.56. The molecule has 0 unspecified atom stereocenters. The molecule has 4 rings (SSSR count). The van der Waals surface area contributed by atoms with Crippen LogP contribution in [0.4, 0.5) is 4.39 Å². The minimum atomic E-state index is -3.69. The molecule has 0 atom stereocenters. The van der Waals surface area contributed by atoms with Gasteiger partial charge in [0.05, 0.1) is 4.90 Å². The monoisotopic (exact) mass is 395 g/mol. The molecule has 0 aliphatic carbocycles. The molecule has 28 heavy (non-hydrogen) atoms. The van der Waals surface area contributed by atoms with Gasteiger partial charge in [-0.1, -0.05) is 48.0 Å². The summed E-state index contributed by atoms with van der Waals surface area (Å²) in [6, 6.07) is 20.0. The third kappa shape index (κ3) is 3.56. The number of hydrogen-bond acceptors (Lipinski definition) is 3. The summed E-state index contributed by atoms with van der Waals surface area (Å²) in [6.45, 7) is 1.92. The van der Waals surface area contributed by atoms with E-state index < -0.39 is 10.0 Å². The van der Waals surface area contributed by atoms with Gasteiger partial charge in [-0.15, -0.1) is 0 Å². The first kappa shape index (κ1) is 18.4. The molecule has 1 aromatic heterocycles. The van der Waals surface area contributed by atoms with Crippen molar-refractivity contribution >= 4 is 21.0 Å². The van der Waals surface area contributed by atoms with Crippen molar-refractivity contribution in [2.75, 3.05) is 0 Å². The van der Waals surface area contributed by atoms with Gasteiger partial charge in [0.25, 0.3) is 0 Å². The van der Waals surface area contributed by atoms with Gasteiger partial charge in [0.2, 0.25) is 10.0 Å². The molecule has 4 aromatic rings. The Morgan fingerprint density at radius 3 is 2.46 bits per heavy atom. The number of furan rings is 1. The van der Waals surface area contributed by atoms with Crippen LogP contribution < -0.4 is 4.72 Å². The molecule has 0 aliphatic rings. The number of rotatable bonds is 5. The molecule has 0 saturated heterocycles. The second-order valence-electron chi connectivity index (χ2n) is 6.55. The fourth-order valence-electron chi connectivity index (χ4n) is 3.11. The van der Waals surface area contributed by atoms with Crippen molar-refractivity contribution in [2.24, 2.45) is 0 Å². The first-order valence-electron chi connectivity index (χ1n) is 8.77. The molecule has 0 amide bonds. The van der Waals surface area contributed by atoms with Crippen molar-refractivity contribution < 1.29 is 17.2 Å². The van der Waals surface area contributed by atoms with Crippen molar-refractivity contribution in [3.63, 3.8) is 0 Å². The van der Waals surface area contributed by atoms with Gasteiger partial charge >= 0.3 is 0 Å². The molecule has 0 spiro atoms. The quantitative estimate of drug-likeness (QED) is 0.516. The average Bonchev–Trinajstić information content (AvgIpc) is 3.05. The summed E-state index contributed by atoms with van der Waals surface area (Å²) in [7, 11) is -3.69. The standard InChI is InChI=1S/C22H18FNO3S/c1-15-9-11-18(12-10-15)28(25,26)24-14-20-19-7-2-3-8-21(19)27-22(20)16-5-4-6-17(23)13-16/h2-13,24H,14H2,1H3. The van der Waals surface area contributed by atoms with Crippen LogP contribution in [0.15, 0.2) is 82.1 Å². The van der Waals surface area contributed by atoms with Gasteiger partial charge in [-0.25, -0.2) is 17.5 Å². The summed E-state index contributed by atoms with van der Waals surface area (Å²) in [5, 5.41) is 0.786. The summed E-state index contributed by atoms with van der Waals surface area (Å²) in [5.41, 5.74) is 2.82. The zero-order valence-electron chi connectivity index (χ0n) is 15.1. The predicted octanol–water partition coefficient (Wildman–Crippen LogP) is 5.03. The van der Waals surface area contributed by atoms with Gasteiger partial charge in [0, 0.05) is 23.1 Å². The zero-order valence-corrected chi connectivity index (χ0v) is 16.0. The van der Waals surface area contributed by atoms with E-state index >= 15 is 0 Å². The molecule has 0 saturated carbocycles. The Bertz CT molecular complexity index is 1240. The Morgan fingerprint density at radius 1 is 0.964 bits per heavy atom. The molecule has 0 fully saturated rings. The van der Waals surface area contributed by atoms with E-state index in [1.165, 1.54) is 12.1 Å². The van der Waals surface area contributed by atoms with E-state index in [2.05, 4.69) is 4.72 Å². The van der Waals surface area contributed by atoms with Crippen LogP contribution in [-0.4, -0.2) is 8.42 Å². The van der Waals surface area contributed by atoms with Crippen molar-refractivity contribution in [1.29, 1.82) is 0 Å². The molecular formula is C22H18FNO3S. The second kappa shape index (κ2) is 7.22. The van der Waals surface area contributed by atoms with E-state index in [0.717, 1.165) is 10.9 Å². The van der Waals surface area contributed by atoms with Crippen LogP contribution in [0.3, 0.4) is 0 Å². The highest BCUT2D eigenvalue weighted by molar-refractivity contribution is 7.89. The molecule has 3 aromatic carbocycles. The molecule has 1 N–H and O–H groups in total. The lowest BCUT2D eigenvalue weighted by Crippen LogP contribution is -2.23. The van der Waals surface area contributed by atoms with E-state index in [9.17, 15) is 12.8 Å². The van der Waals surface area contributed by atoms with Crippen molar-refractivity contribution in [2.45, 2.75) is 18.4 Å². The Morgan fingerprint density at radius 2 is 1.71 bits per heavy atom. The van der Waals surface area contributed by atoms with Gasteiger partial charge in [-0.05, 0) is 37.3 Å². The average molecular weight is 395 g/mol. The summed E-state index contributed by atoms with van der Waals surface area (Å²) in [4.78, 5) is 0.193. The van der Waals surface area contributed by atoms with Gasteiger partial charge in [0.15, 0.2) is 0 Å². The van der Waals surface area contributed by atoms with Crippen LogP contribution in [0.25, 0.3) is 22.3 Å². The minimum Gasteiger partial charge on any atom is -0.456 e. The van der Waals surface area contributed by atoms with Crippen molar-refractivity contribution in [3.8, 4) is 11.3 Å². The Kier molecular flexibility index (Phi) is 4.75. The summed E-state index contributed by atoms with van der Waals surface area (Å²) in [6.07, 6.45) is 0. The van der Waals surface area contributed by atoms with Gasteiger partial charge in [0.1, 0.15) is 17.2 Å². The SMILES string of the molecule is Cc1ccc(S(=O)(=O)NCc2c(-c3cccc(F)c3)oc3ccccc23)cc1. The van der Waals surface area contributed by atoms with Crippen molar-refractivity contribution in [3.05, 3.63) is 89.7 Å². The van der Waals surface area contributed by atoms with Crippen LogP contribution in [0.2, 0.25) is 0 Å². The van der Waals surface area contributed by atoms with Gasteiger partial charge in [-0.2, -0.15) is 0 Å². The van der Waals surface area contributed by atoms with Gasteiger partial charge < -0.3 is 4.42 Å². The third-order valence-corrected chi connectivity index (χ3v) is 5.97. The van der Waals surface area contributed by atoms with Crippen LogP contribution in [0.1, 0.15) is 11.1 Å². The number of para-hydroxylation sites is 1. The van der Waals surface area contributed by atoms with E-state index in [0.29, 0.717) is 22.5 Å². The second-order valence-corrected chi connectivity index (χ2v) is 8.32. The lowest BCUT2D eigenvalue weighted by Gasteiger charge is -2.08. The highest BCUT2D eigenvalue weighted by atomic mass is 32.2. The largest absolute Gasteiger partial charge is 0.456 e. The van der Waals surface area contributed by atoms with Crippen LogP contribution in [-0.2, 0) is 16.6 Å². The van der Waals surface area contributed by atoms with Crippen LogP contribution >= 0.6 is 0 Å². The highest BCUT2D eigenvalue weighted by Crippen LogP contribution is 2.34. The van der Waals surface area contributed by atoms with E-state index in [4.69, 9.17) is 4.42 Å². The molecule has 0 radical (unpaired) electrons. The molecule has 1 heterocycles. The zero-order chi connectivity index (χ0) is 19.7. The fraction of sp³-hybridized carbons (Fsp3) is 0.0909. The Hall–Kier alpha value is -2.96. The van der Waals surface area contributed by atoms with Gasteiger partial charge in [-0.3, -0.25) is 0 Å². The van der Waals surface area contributed by atoms with Crippen LogP contribution in [0, 0.1) is 12.7 Å². The molecule has 0 aliphatic heterocycles. The normalized spacial score (nSPS) is 11.8. The highest BCUT2D eigenvalue weighted by Gasteiger charge is 2.20. The van der Waals surface area contributed by atoms with E-state index in [1.807, 2.05) is 25.1 Å². The summed E-state index contributed by atoms with van der Waals surface area (Å²) >= 11 is 0. The number of halogens is 1. The van der Waals surface area contributed by atoms with Crippen molar-refractivity contribution in [1.82, 2.24) is 4.72 Å². The maximum absolute atomic E-state index is 13.7. The number of nitrogens with one attached hydrogen (secondary N) is 1. The topological polar surface area (TPSA) is 59.3 Å². The van der Waals surface area contributed by atoms with E-state index in [1.54, 1.807) is 42.5 Å². The molecule has 6 heteroatoms. The maximum Gasteiger partial charge on any atom is 0.240 e. The van der Waals surface area contributed by atoms with Crippen LogP contribution in [0.5, 0.6) is 0 Å². The minimum absolute atomic E-state index is 0.0269. The Balaban J connectivity index is 1.74. The smallest absolute Gasteiger partial charge is 0.240 e. The molecular weight excluding hydrogens is 377 g/mol. The number of fused-ring (bicyclic) bond motifs is 1. The molecule has 0 bridgehead atoms. The first-order valence-corrected chi connectivity index (χ1v) is 10.2. The Labute approximate surface area is 162 Å². The molecule has 142 valence electrons. The summed E-state index contributed by atoms with van der Waals surface area (Å²) in [5.74, 6) is 0.0662. The maximum atomic E-state index is 13.7. The lowest BCUT2D eigenvalue weighted by molar-refractivity contribution is 0.580. The number of aryl methyl sites for hydroxylation is 1. The lowest BCUT2D eigenvalue weighted by atomic mass is 10.1. The molecule has 4 nitrogen and oxygen atoms in total. The predicted molar refractivity (Wildman–Crippen MR) is 107 cm³/mol. The number of hydrogen-bond donors (Lipinski definition) is 1. The number of sulfonamides is 1. The summed E-state index contributed by atoms with van der Waals surface area (Å²) < 4.78 is 47.6.